The lowest BCUT2D eigenvalue weighted by atomic mass is 9.88. The van der Waals surface area contributed by atoms with E-state index in [9.17, 15) is 4.79 Å². The van der Waals surface area contributed by atoms with E-state index in [0.29, 0.717) is 0 Å². The highest BCUT2D eigenvalue weighted by atomic mass is 16.1. The van der Waals surface area contributed by atoms with Gasteiger partial charge in [0, 0.05) is 14.3 Å². The minimum atomic E-state index is -0.0582. The summed E-state index contributed by atoms with van der Waals surface area (Å²) >= 11 is 0. The molecule has 2 nitrogen and oxygen atoms in total. The SMILES string of the molecule is [2H]C[C@H](NC(C)=O)C(C)(C)C. The first-order valence-corrected chi connectivity index (χ1v) is 3.44. The van der Waals surface area contributed by atoms with Gasteiger partial charge in [-0.1, -0.05) is 20.8 Å². The van der Waals surface area contributed by atoms with Crippen LogP contribution in [0.4, 0.5) is 0 Å². The van der Waals surface area contributed by atoms with Crippen LogP contribution >= 0.6 is 0 Å². The Hall–Kier alpha value is -0.530. The molecular formula is C8H17NO. The number of carbonyl (C=O) groups is 1. The first-order chi connectivity index (χ1) is 4.88. The Morgan fingerprint density at radius 2 is 2.10 bits per heavy atom. The Morgan fingerprint density at radius 3 is 2.20 bits per heavy atom. The molecule has 0 bridgehead atoms. The molecule has 0 aromatic rings. The van der Waals surface area contributed by atoms with Gasteiger partial charge in [-0.15, -0.1) is 0 Å². The molecule has 2 heteroatoms. The van der Waals surface area contributed by atoms with Crippen LogP contribution < -0.4 is 5.32 Å². The van der Waals surface area contributed by atoms with Crippen LogP contribution in [0.25, 0.3) is 0 Å². The van der Waals surface area contributed by atoms with Crippen molar-refractivity contribution in [2.45, 2.75) is 40.6 Å². The first-order valence-electron chi connectivity index (χ1n) is 4.15. The Bertz CT molecular complexity index is 140. The van der Waals surface area contributed by atoms with Gasteiger partial charge in [0.15, 0.2) is 0 Å². The van der Waals surface area contributed by atoms with Gasteiger partial charge in [-0.25, -0.2) is 0 Å². The van der Waals surface area contributed by atoms with Crippen molar-refractivity contribution >= 4 is 5.91 Å². The topological polar surface area (TPSA) is 29.1 Å². The number of nitrogens with one attached hydrogen (secondary N) is 1. The van der Waals surface area contributed by atoms with Crippen molar-refractivity contribution < 1.29 is 6.17 Å². The second-order valence-corrected chi connectivity index (χ2v) is 3.62. The number of hydrogen-bond donors (Lipinski definition) is 1. The number of hydrogen-bond acceptors (Lipinski definition) is 1. The second kappa shape index (κ2) is 3.04. The van der Waals surface area contributed by atoms with E-state index < -0.39 is 0 Å². The lowest BCUT2D eigenvalue weighted by Crippen LogP contribution is -2.40. The Labute approximate surface area is 64.4 Å². The molecule has 0 saturated heterocycles. The van der Waals surface area contributed by atoms with E-state index in [1.165, 1.54) is 6.92 Å². The molecule has 0 saturated carbocycles. The van der Waals surface area contributed by atoms with Crippen molar-refractivity contribution in [2.75, 3.05) is 0 Å². The minimum absolute atomic E-state index is 0.0204. The smallest absolute Gasteiger partial charge is 0.217 e. The van der Waals surface area contributed by atoms with Gasteiger partial charge in [0.05, 0.1) is 0 Å². The van der Waals surface area contributed by atoms with E-state index in [1.54, 1.807) is 0 Å². The predicted octanol–water partition coefficient (Wildman–Crippen LogP) is 1.56. The molecule has 1 amide bonds. The molecule has 0 spiro atoms. The lowest BCUT2D eigenvalue weighted by molar-refractivity contribution is -0.120. The molecule has 0 aliphatic carbocycles. The van der Waals surface area contributed by atoms with Gasteiger partial charge in [0.1, 0.15) is 0 Å². The van der Waals surface area contributed by atoms with Crippen molar-refractivity contribution in [1.29, 1.82) is 0 Å². The van der Waals surface area contributed by atoms with Crippen LogP contribution in [0.2, 0.25) is 0 Å². The third kappa shape index (κ3) is 3.49. The van der Waals surface area contributed by atoms with Gasteiger partial charge in [0.2, 0.25) is 5.91 Å². The fraction of sp³-hybridized carbons (Fsp3) is 0.875. The summed E-state index contributed by atoms with van der Waals surface area (Å²) in [4.78, 5) is 10.7. The molecule has 0 radical (unpaired) electrons. The third-order valence-corrected chi connectivity index (χ3v) is 1.42. The number of rotatable bonds is 1. The molecule has 0 heterocycles. The summed E-state index contributed by atoms with van der Waals surface area (Å²) in [5.74, 6) is -0.0582. The predicted molar refractivity (Wildman–Crippen MR) is 42.7 cm³/mol. The second-order valence-electron chi connectivity index (χ2n) is 3.62. The van der Waals surface area contributed by atoms with E-state index in [0.717, 1.165) is 0 Å². The molecule has 0 aliphatic rings. The van der Waals surface area contributed by atoms with Gasteiger partial charge in [0.25, 0.3) is 0 Å². The van der Waals surface area contributed by atoms with Crippen molar-refractivity contribution in [3.8, 4) is 0 Å². The van der Waals surface area contributed by atoms with Crippen molar-refractivity contribution in [3.05, 3.63) is 0 Å². The summed E-state index contributed by atoms with van der Waals surface area (Å²) in [6.07, 6.45) is 0. The van der Waals surface area contributed by atoms with E-state index >= 15 is 0 Å². The lowest BCUT2D eigenvalue weighted by Gasteiger charge is -2.27. The molecule has 10 heavy (non-hydrogen) atoms. The van der Waals surface area contributed by atoms with Crippen LogP contribution in [-0.4, -0.2) is 11.9 Å². The maximum absolute atomic E-state index is 10.7. The summed E-state index contributed by atoms with van der Waals surface area (Å²) in [6, 6.07) is -0.0417. The molecule has 0 fully saturated rings. The molecule has 60 valence electrons. The molecule has 0 rings (SSSR count). The van der Waals surface area contributed by atoms with E-state index in [-0.39, 0.29) is 24.3 Å². The van der Waals surface area contributed by atoms with Crippen LogP contribution in [0.3, 0.4) is 0 Å². The summed E-state index contributed by atoms with van der Waals surface area (Å²) in [5.41, 5.74) is -0.0204. The van der Waals surface area contributed by atoms with Gasteiger partial charge >= 0.3 is 0 Å². The molecule has 0 aromatic carbocycles. The number of carbonyl (C=O) groups excluding carboxylic acids is 1. The van der Waals surface area contributed by atoms with Crippen LogP contribution in [0.5, 0.6) is 0 Å². The maximum Gasteiger partial charge on any atom is 0.217 e. The zero-order chi connectivity index (χ0) is 9.07. The van der Waals surface area contributed by atoms with E-state index in [2.05, 4.69) is 5.32 Å². The maximum atomic E-state index is 10.7. The van der Waals surface area contributed by atoms with Crippen LogP contribution in [0.1, 0.15) is 36.0 Å². The highest BCUT2D eigenvalue weighted by Gasteiger charge is 2.19. The summed E-state index contributed by atoms with van der Waals surface area (Å²) in [5, 5.41) is 2.74. The highest BCUT2D eigenvalue weighted by Crippen LogP contribution is 2.17. The highest BCUT2D eigenvalue weighted by molar-refractivity contribution is 5.73. The summed E-state index contributed by atoms with van der Waals surface area (Å²) in [7, 11) is 0. The van der Waals surface area contributed by atoms with Crippen LogP contribution in [0, 0.1) is 5.41 Å². The summed E-state index contributed by atoms with van der Waals surface area (Å²) < 4.78 is 7.19. The largest absolute Gasteiger partial charge is 0.353 e. The average molecular weight is 144 g/mol. The van der Waals surface area contributed by atoms with E-state index in [1.807, 2.05) is 20.8 Å². The molecule has 0 aromatic heterocycles. The van der Waals surface area contributed by atoms with Crippen LogP contribution in [0.15, 0.2) is 0 Å². The average Bonchev–Trinajstić information content (AvgIpc) is 1.79. The fourth-order valence-corrected chi connectivity index (χ4v) is 0.462. The molecule has 0 unspecified atom stereocenters. The monoisotopic (exact) mass is 144 g/mol. The zero-order valence-corrected chi connectivity index (χ0v) is 7.19. The van der Waals surface area contributed by atoms with Crippen molar-refractivity contribution in [1.82, 2.24) is 5.32 Å². The molecule has 1 N–H and O–H groups in total. The van der Waals surface area contributed by atoms with Crippen molar-refractivity contribution in [2.24, 2.45) is 5.41 Å². The number of amides is 1. The van der Waals surface area contributed by atoms with Gasteiger partial charge in [-0.3, -0.25) is 4.79 Å². The Morgan fingerprint density at radius 1 is 1.60 bits per heavy atom. The third-order valence-electron chi connectivity index (χ3n) is 1.42. The Kier molecular flexibility index (Phi) is 2.30. The standard InChI is InChI=1S/C8H17NO/c1-6(8(3,4)5)9-7(2)10/h6H,1-5H3,(H,9,10)/t6-/m0/s1/i1D. The Balaban J connectivity index is 4.07. The fourth-order valence-electron chi connectivity index (χ4n) is 0.462. The molecule has 1 atom stereocenters. The molecule has 0 aliphatic heterocycles. The summed E-state index contributed by atoms with van der Waals surface area (Å²) in [6.45, 7) is 7.77. The van der Waals surface area contributed by atoms with Gasteiger partial charge in [-0.05, 0) is 12.3 Å². The van der Waals surface area contributed by atoms with Crippen molar-refractivity contribution in [3.63, 3.8) is 0 Å². The van der Waals surface area contributed by atoms with Gasteiger partial charge in [-0.2, -0.15) is 0 Å². The quantitative estimate of drug-likeness (QED) is 0.594. The van der Waals surface area contributed by atoms with Gasteiger partial charge < -0.3 is 5.32 Å². The van der Waals surface area contributed by atoms with E-state index in [4.69, 9.17) is 1.37 Å². The minimum Gasteiger partial charge on any atom is -0.353 e. The first kappa shape index (κ1) is 7.58. The normalized spacial score (nSPS) is 15.8. The zero-order valence-electron chi connectivity index (χ0n) is 8.19. The van der Waals surface area contributed by atoms with Crippen LogP contribution in [-0.2, 0) is 4.79 Å². The molecular weight excluding hydrogens is 126 g/mol.